The normalized spacial score (nSPS) is 14.3. The number of amides is 2. The van der Waals surface area contributed by atoms with Crippen LogP contribution in [0, 0.1) is 5.82 Å². The zero-order valence-corrected chi connectivity index (χ0v) is 14.6. The lowest BCUT2D eigenvalue weighted by Gasteiger charge is -2.34. The second kappa shape index (κ2) is 7.52. The quantitative estimate of drug-likeness (QED) is 0.826. The molecule has 1 aromatic carbocycles. The zero-order chi connectivity index (χ0) is 19.6. The molecule has 2 heterocycles. The van der Waals surface area contributed by atoms with E-state index < -0.39 is 17.5 Å². The van der Waals surface area contributed by atoms with Gasteiger partial charge in [-0.05, 0) is 17.7 Å². The van der Waals surface area contributed by atoms with E-state index in [1.165, 1.54) is 24.1 Å². The van der Waals surface area contributed by atoms with E-state index in [4.69, 9.17) is 9.63 Å². The van der Waals surface area contributed by atoms with Gasteiger partial charge in [-0.1, -0.05) is 6.07 Å². The summed E-state index contributed by atoms with van der Waals surface area (Å²) in [6, 6.07) is 4.41. The van der Waals surface area contributed by atoms with Gasteiger partial charge in [-0.15, -0.1) is 0 Å². The fourth-order valence-corrected chi connectivity index (χ4v) is 2.91. The highest BCUT2D eigenvalue weighted by Gasteiger charge is 2.23. The van der Waals surface area contributed by atoms with Gasteiger partial charge in [0.1, 0.15) is 12.5 Å². The van der Waals surface area contributed by atoms with Crippen LogP contribution in [0.2, 0.25) is 0 Å². The molecule has 2 N–H and O–H groups in total. The molecule has 1 fully saturated rings. The molecule has 9 nitrogen and oxygen atoms in total. The number of anilines is 1. The van der Waals surface area contributed by atoms with E-state index in [1.807, 2.05) is 0 Å². The summed E-state index contributed by atoms with van der Waals surface area (Å²) in [4.78, 5) is 36.9. The van der Waals surface area contributed by atoms with Gasteiger partial charge in [0.2, 0.25) is 5.91 Å². The summed E-state index contributed by atoms with van der Waals surface area (Å²) in [5.74, 6) is -0.781. The highest BCUT2D eigenvalue weighted by molar-refractivity contribution is 5.72. The molecular weight excluding hydrogens is 359 g/mol. The molecule has 1 aromatic heterocycles. The molecule has 0 unspecified atom stereocenters. The molecule has 144 valence electrons. The number of aromatic nitrogens is 1. The number of carboxylic acid groups (broad SMARTS) is 1. The second-order valence-electron chi connectivity index (χ2n) is 6.15. The lowest BCUT2D eigenvalue weighted by atomic mass is 10.1. The summed E-state index contributed by atoms with van der Waals surface area (Å²) in [7, 11) is 0. The van der Waals surface area contributed by atoms with E-state index in [1.54, 1.807) is 17.0 Å². The molecule has 1 aliphatic heterocycles. The molecule has 1 saturated heterocycles. The van der Waals surface area contributed by atoms with Crippen molar-refractivity contribution in [2.45, 2.75) is 13.6 Å². The van der Waals surface area contributed by atoms with Gasteiger partial charge >= 0.3 is 11.7 Å². The van der Waals surface area contributed by atoms with Crippen LogP contribution in [-0.2, 0) is 11.5 Å². The highest BCUT2D eigenvalue weighted by Crippen LogP contribution is 2.26. The Morgan fingerprint density at radius 2 is 1.96 bits per heavy atom. The third kappa shape index (κ3) is 4.10. The first-order chi connectivity index (χ1) is 12.8. The van der Waals surface area contributed by atoms with Crippen LogP contribution in [0.1, 0.15) is 6.92 Å². The molecule has 0 aliphatic carbocycles. The maximum Gasteiger partial charge on any atom is 0.407 e. The Kier molecular flexibility index (Phi) is 5.15. The van der Waals surface area contributed by atoms with E-state index in [0.29, 0.717) is 37.4 Å². The fourth-order valence-electron chi connectivity index (χ4n) is 2.91. The molecule has 27 heavy (non-hydrogen) atoms. The van der Waals surface area contributed by atoms with E-state index in [2.05, 4.69) is 5.32 Å². The number of hydrogen-bond donors (Lipinski definition) is 2. The van der Waals surface area contributed by atoms with Crippen LogP contribution in [0.5, 0.6) is 0 Å². The Balaban J connectivity index is 1.76. The number of carbonyl (C=O) groups excluding carboxylic acids is 1. The summed E-state index contributed by atoms with van der Waals surface area (Å²) in [6.07, 6.45) is 0.416. The lowest BCUT2D eigenvalue weighted by Crippen LogP contribution is -2.48. The average Bonchev–Trinajstić information content (AvgIpc) is 3.01. The predicted molar refractivity (Wildman–Crippen MR) is 94.0 cm³/mol. The maximum absolute atomic E-state index is 14.6. The van der Waals surface area contributed by atoms with E-state index in [-0.39, 0.29) is 18.1 Å². The summed E-state index contributed by atoms with van der Waals surface area (Å²) >= 11 is 0. The van der Waals surface area contributed by atoms with Crippen molar-refractivity contribution >= 4 is 17.7 Å². The van der Waals surface area contributed by atoms with Crippen molar-refractivity contribution in [3.8, 4) is 11.1 Å². The van der Waals surface area contributed by atoms with Crippen LogP contribution in [0.3, 0.4) is 0 Å². The molecule has 2 aromatic rings. The van der Waals surface area contributed by atoms with Gasteiger partial charge in [-0.25, -0.2) is 14.0 Å². The first-order valence-corrected chi connectivity index (χ1v) is 8.33. The standard InChI is InChI=1S/C17H19FN4O5/c1-11(23)19-10-22-9-13(16(24)27-22)12-2-3-15(14(18)8-12)20-4-6-21(7-5-20)17(25)26/h2-3,8-9H,4-7,10H2,1H3,(H,19,23)(H,25,26). The highest BCUT2D eigenvalue weighted by atomic mass is 19.1. The molecule has 0 atom stereocenters. The first-order valence-electron chi connectivity index (χ1n) is 8.33. The molecule has 0 saturated carbocycles. The number of benzene rings is 1. The fraction of sp³-hybridized carbons (Fsp3) is 0.353. The van der Waals surface area contributed by atoms with Crippen molar-refractivity contribution in [1.82, 2.24) is 15.0 Å². The van der Waals surface area contributed by atoms with Gasteiger partial charge < -0.3 is 24.7 Å². The molecular formula is C17H19FN4O5. The van der Waals surface area contributed by atoms with Crippen LogP contribution in [-0.4, -0.2) is 52.9 Å². The Morgan fingerprint density at radius 1 is 1.26 bits per heavy atom. The monoisotopic (exact) mass is 378 g/mol. The predicted octanol–water partition coefficient (Wildman–Crippen LogP) is 1.14. The number of carbonyl (C=O) groups is 2. The zero-order valence-electron chi connectivity index (χ0n) is 14.6. The molecule has 10 heteroatoms. The Labute approximate surface area is 153 Å². The number of piperazine rings is 1. The summed E-state index contributed by atoms with van der Waals surface area (Å²) in [6.45, 7) is 2.71. The van der Waals surface area contributed by atoms with Gasteiger partial charge in [0.25, 0.3) is 0 Å². The summed E-state index contributed by atoms with van der Waals surface area (Å²) < 4.78 is 20.8. The average molecular weight is 378 g/mol. The Hall–Kier alpha value is -3.30. The maximum atomic E-state index is 14.6. The number of halogens is 1. The van der Waals surface area contributed by atoms with Crippen LogP contribution >= 0.6 is 0 Å². The Morgan fingerprint density at radius 3 is 2.56 bits per heavy atom. The van der Waals surface area contributed by atoms with Gasteiger partial charge in [-0.2, -0.15) is 4.74 Å². The lowest BCUT2D eigenvalue weighted by molar-refractivity contribution is -0.119. The summed E-state index contributed by atoms with van der Waals surface area (Å²) in [5, 5.41) is 11.5. The number of hydrogen-bond acceptors (Lipinski definition) is 5. The van der Waals surface area contributed by atoms with Crippen molar-refractivity contribution < 1.29 is 23.6 Å². The molecule has 2 amide bonds. The van der Waals surface area contributed by atoms with E-state index in [0.717, 1.165) is 4.74 Å². The number of rotatable bonds is 4. The van der Waals surface area contributed by atoms with Crippen LogP contribution in [0.15, 0.2) is 33.7 Å². The van der Waals surface area contributed by atoms with Crippen LogP contribution in [0.4, 0.5) is 14.9 Å². The summed E-state index contributed by atoms with van der Waals surface area (Å²) in [5.41, 5.74) is 0.255. The van der Waals surface area contributed by atoms with Gasteiger partial charge in [0.05, 0.1) is 17.4 Å². The van der Waals surface area contributed by atoms with Gasteiger partial charge in [0, 0.05) is 33.1 Å². The molecule has 0 bridgehead atoms. The van der Waals surface area contributed by atoms with Crippen molar-refractivity contribution in [3.63, 3.8) is 0 Å². The smallest absolute Gasteiger partial charge is 0.407 e. The van der Waals surface area contributed by atoms with Crippen LogP contribution < -0.4 is 15.8 Å². The van der Waals surface area contributed by atoms with Crippen molar-refractivity contribution in [2.75, 3.05) is 31.1 Å². The van der Waals surface area contributed by atoms with E-state index in [9.17, 15) is 18.8 Å². The number of nitrogens with one attached hydrogen (secondary N) is 1. The number of nitrogens with zero attached hydrogens (tertiary/aromatic N) is 3. The molecule has 0 radical (unpaired) electrons. The Bertz CT molecular complexity index is 914. The molecule has 0 spiro atoms. The first kappa shape index (κ1) is 18.5. The minimum Gasteiger partial charge on any atom is -0.465 e. The van der Waals surface area contributed by atoms with Gasteiger partial charge in [0.15, 0.2) is 0 Å². The van der Waals surface area contributed by atoms with Crippen LogP contribution in [0.25, 0.3) is 11.1 Å². The second-order valence-corrected chi connectivity index (χ2v) is 6.15. The third-order valence-electron chi connectivity index (χ3n) is 4.33. The van der Waals surface area contributed by atoms with E-state index >= 15 is 0 Å². The molecule has 3 rings (SSSR count). The largest absolute Gasteiger partial charge is 0.465 e. The van der Waals surface area contributed by atoms with Crippen molar-refractivity contribution in [3.05, 3.63) is 40.6 Å². The minimum absolute atomic E-state index is 0.000998. The minimum atomic E-state index is -0.985. The van der Waals surface area contributed by atoms with Gasteiger partial charge in [-0.3, -0.25) is 4.79 Å². The van der Waals surface area contributed by atoms with Crippen molar-refractivity contribution in [1.29, 1.82) is 0 Å². The topological polar surface area (TPSA) is 108 Å². The third-order valence-corrected chi connectivity index (χ3v) is 4.33. The SMILES string of the molecule is CC(=O)NCn1cc(-c2ccc(N3CCN(C(=O)O)CC3)c(F)c2)c(=O)o1. The van der Waals surface area contributed by atoms with Crippen molar-refractivity contribution in [2.24, 2.45) is 0 Å². The molecule has 1 aliphatic rings.